The Morgan fingerprint density at radius 2 is 1.92 bits per heavy atom. The van der Waals surface area contributed by atoms with Crippen molar-refractivity contribution in [2.75, 3.05) is 32.8 Å². The van der Waals surface area contributed by atoms with Crippen LogP contribution in [0.2, 0.25) is 0 Å². The average molecular weight is 344 g/mol. The molecule has 0 N–H and O–H groups in total. The molecule has 1 aromatic carbocycles. The lowest BCUT2D eigenvalue weighted by atomic mass is 9.77. The van der Waals surface area contributed by atoms with Crippen molar-refractivity contribution < 1.29 is 14.3 Å². The van der Waals surface area contributed by atoms with Crippen LogP contribution in [-0.2, 0) is 20.9 Å². The number of piperidine rings is 1. The van der Waals surface area contributed by atoms with Gasteiger partial charge in [0, 0.05) is 44.6 Å². The lowest BCUT2D eigenvalue weighted by molar-refractivity contribution is -0.134. The van der Waals surface area contributed by atoms with Gasteiger partial charge in [-0.2, -0.15) is 0 Å². The molecule has 0 unspecified atom stereocenters. The molecule has 136 valence electrons. The molecule has 2 amide bonds. The Morgan fingerprint density at radius 3 is 2.60 bits per heavy atom. The molecular formula is C20H28N2O3. The zero-order valence-electron chi connectivity index (χ0n) is 15.1. The molecule has 0 aliphatic carbocycles. The molecule has 2 heterocycles. The maximum atomic E-state index is 12.5. The maximum Gasteiger partial charge on any atom is 0.224 e. The summed E-state index contributed by atoms with van der Waals surface area (Å²) in [5.74, 6) is 0.425. The SMILES string of the molecule is CCOCCC(=O)N1CCC2(CC1)CC(=O)N(Cc1ccccc1)C2. The number of ether oxygens (including phenoxy) is 1. The average Bonchev–Trinajstić information content (AvgIpc) is 2.91. The van der Waals surface area contributed by atoms with Crippen molar-refractivity contribution in [3.05, 3.63) is 35.9 Å². The molecule has 0 saturated carbocycles. The number of hydrogen-bond donors (Lipinski definition) is 0. The summed E-state index contributed by atoms with van der Waals surface area (Å²) in [6, 6.07) is 10.2. The Hall–Kier alpha value is -1.88. The van der Waals surface area contributed by atoms with E-state index < -0.39 is 0 Å². The van der Waals surface area contributed by atoms with Gasteiger partial charge in [0.1, 0.15) is 0 Å². The van der Waals surface area contributed by atoms with Crippen molar-refractivity contribution in [3.8, 4) is 0 Å². The minimum absolute atomic E-state index is 0.0581. The van der Waals surface area contributed by atoms with Crippen molar-refractivity contribution in [1.82, 2.24) is 9.80 Å². The third-order valence-corrected chi connectivity index (χ3v) is 5.46. The van der Waals surface area contributed by atoms with Crippen LogP contribution in [-0.4, -0.2) is 54.5 Å². The van der Waals surface area contributed by atoms with Gasteiger partial charge in [-0.05, 0) is 25.3 Å². The van der Waals surface area contributed by atoms with Gasteiger partial charge in [0.15, 0.2) is 0 Å². The van der Waals surface area contributed by atoms with E-state index in [9.17, 15) is 9.59 Å². The molecule has 0 radical (unpaired) electrons. The molecule has 1 spiro atoms. The molecular weight excluding hydrogens is 316 g/mol. The highest BCUT2D eigenvalue weighted by Crippen LogP contribution is 2.41. The van der Waals surface area contributed by atoms with Gasteiger partial charge in [-0.15, -0.1) is 0 Å². The number of nitrogens with zero attached hydrogens (tertiary/aromatic N) is 2. The van der Waals surface area contributed by atoms with Crippen molar-refractivity contribution >= 4 is 11.8 Å². The number of amides is 2. The van der Waals surface area contributed by atoms with E-state index >= 15 is 0 Å². The highest BCUT2D eigenvalue weighted by Gasteiger charge is 2.45. The summed E-state index contributed by atoms with van der Waals surface area (Å²) in [5, 5.41) is 0. The molecule has 1 aromatic rings. The second kappa shape index (κ2) is 8.00. The van der Waals surface area contributed by atoms with Crippen LogP contribution < -0.4 is 0 Å². The first-order valence-electron chi connectivity index (χ1n) is 9.29. The summed E-state index contributed by atoms with van der Waals surface area (Å²) >= 11 is 0. The summed E-state index contributed by atoms with van der Waals surface area (Å²) in [7, 11) is 0. The number of carbonyl (C=O) groups is 2. The Balaban J connectivity index is 1.51. The molecule has 0 aromatic heterocycles. The lowest BCUT2D eigenvalue weighted by Crippen LogP contribution is -2.44. The van der Waals surface area contributed by atoms with Crippen LogP contribution in [0.4, 0.5) is 0 Å². The van der Waals surface area contributed by atoms with Crippen molar-refractivity contribution in [2.24, 2.45) is 5.41 Å². The standard InChI is InChI=1S/C20H28N2O3/c1-2-25-13-8-18(23)21-11-9-20(10-12-21)14-19(24)22(16-20)15-17-6-4-3-5-7-17/h3-7H,2,8-16H2,1H3. The van der Waals surface area contributed by atoms with Gasteiger partial charge in [0.05, 0.1) is 13.0 Å². The fraction of sp³-hybridized carbons (Fsp3) is 0.600. The molecule has 25 heavy (non-hydrogen) atoms. The van der Waals surface area contributed by atoms with Crippen LogP contribution in [0.5, 0.6) is 0 Å². The van der Waals surface area contributed by atoms with Crippen molar-refractivity contribution in [1.29, 1.82) is 0 Å². The quantitative estimate of drug-likeness (QED) is 0.745. The summed E-state index contributed by atoms with van der Waals surface area (Å²) in [6.07, 6.45) is 2.93. The second-order valence-corrected chi connectivity index (χ2v) is 7.24. The monoisotopic (exact) mass is 344 g/mol. The van der Waals surface area contributed by atoms with E-state index in [1.807, 2.05) is 34.9 Å². The fourth-order valence-corrected chi connectivity index (χ4v) is 3.96. The van der Waals surface area contributed by atoms with Gasteiger partial charge < -0.3 is 14.5 Å². The van der Waals surface area contributed by atoms with E-state index in [4.69, 9.17) is 4.74 Å². The molecule has 2 fully saturated rings. The highest BCUT2D eigenvalue weighted by molar-refractivity contribution is 5.80. The van der Waals surface area contributed by atoms with Crippen LogP contribution in [0.15, 0.2) is 30.3 Å². The molecule has 5 heteroatoms. The fourth-order valence-electron chi connectivity index (χ4n) is 3.96. The Morgan fingerprint density at radius 1 is 1.20 bits per heavy atom. The number of benzene rings is 1. The molecule has 2 aliphatic rings. The predicted molar refractivity (Wildman–Crippen MR) is 95.8 cm³/mol. The Labute approximate surface area is 149 Å². The second-order valence-electron chi connectivity index (χ2n) is 7.24. The van der Waals surface area contributed by atoms with Gasteiger partial charge in [-0.3, -0.25) is 9.59 Å². The zero-order valence-corrected chi connectivity index (χ0v) is 15.1. The van der Waals surface area contributed by atoms with E-state index in [-0.39, 0.29) is 17.2 Å². The first-order valence-corrected chi connectivity index (χ1v) is 9.29. The van der Waals surface area contributed by atoms with Crippen LogP contribution >= 0.6 is 0 Å². The number of carbonyl (C=O) groups excluding carboxylic acids is 2. The Kier molecular flexibility index (Phi) is 5.74. The molecule has 0 bridgehead atoms. The first-order chi connectivity index (χ1) is 12.1. The van der Waals surface area contributed by atoms with Gasteiger partial charge in [0.25, 0.3) is 0 Å². The van der Waals surface area contributed by atoms with E-state index in [1.165, 1.54) is 5.56 Å². The normalized spacial score (nSPS) is 19.6. The predicted octanol–water partition coefficient (Wildman–Crippen LogP) is 2.45. The number of rotatable bonds is 6. The van der Waals surface area contributed by atoms with E-state index in [0.29, 0.717) is 32.6 Å². The number of likely N-dealkylation sites (tertiary alicyclic amines) is 2. The third-order valence-electron chi connectivity index (χ3n) is 5.46. The molecule has 0 atom stereocenters. The largest absolute Gasteiger partial charge is 0.381 e. The highest BCUT2D eigenvalue weighted by atomic mass is 16.5. The van der Waals surface area contributed by atoms with E-state index in [2.05, 4.69) is 12.1 Å². The Bertz CT molecular complexity index is 594. The summed E-state index contributed by atoms with van der Waals surface area (Å²) < 4.78 is 5.27. The topological polar surface area (TPSA) is 49.9 Å². The smallest absolute Gasteiger partial charge is 0.224 e. The molecule has 2 aliphatic heterocycles. The van der Waals surface area contributed by atoms with Gasteiger partial charge in [-0.1, -0.05) is 30.3 Å². The summed E-state index contributed by atoms with van der Waals surface area (Å²) in [6.45, 7) is 6.12. The molecule has 3 rings (SSSR count). The van der Waals surface area contributed by atoms with Crippen LogP contribution in [0.25, 0.3) is 0 Å². The molecule has 2 saturated heterocycles. The lowest BCUT2D eigenvalue weighted by Gasteiger charge is -2.38. The van der Waals surface area contributed by atoms with Crippen LogP contribution in [0.3, 0.4) is 0 Å². The van der Waals surface area contributed by atoms with Crippen LogP contribution in [0.1, 0.15) is 38.2 Å². The number of hydrogen-bond acceptors (Lipinski definition) is 3. The minimum atomic E-state index is 0.0581. The summed E-state index contributed by atoms with van der Waals surface area (Å²) in [4.78, 5) is 28.6. The maximum absolute atomic E-state index is 12.5. The van der Waals surface area contributed by atoms with Crippen LogP contribution in [0, 0.1) is 5.41 Å². The van der Waals surface area contributed by atoms with Crippen molar-refractivity contribution in [3.63, 3.8) is 0 Å². The van der Waals surface area contributed by atoms with E-state index in [1.54, 1.807) is 0 Å². The van der Waals surface area contributed by atoms with Gasteiger partial charge in [0.2, 0.25) is 11.8 Å². The van der Waals surface area contributed by atoms with E-state index in [0.717, 1.165) is 32.5 Å². The van der Waals surface area contributed by atoms with Crippen molar-refractivity contribution in [2.45, 2.75) is 39.2 Å². The summed E-state index contributed by atoms with van der Waals surface area (Å²) in [5.41, 5.74) is 1.24. The molecule has 5 nitrogen and oxygen atoms in total. The third kappa shape index (κ3) is 4.40. The zero-order chi connectivity index (χ0) is 17.7. The first kappa shape index (κ1) is 17.9. The van der Waals surface area contributed by atoms with Gasteiger partial charge >= 0.3 is 0 Å². The minimum Gasteiger partial charge on any atom is -0.381 e. The van der Waals surface area contributed by atoms with Gasteiger partial charge in [-0.25, -0.2) is 0 Å².